The highest BCUT2D eigenvalue weighted by molar-refractivity contribution is 7.79. The molecule has 0 aliphatic carbocycles. The highest BCUT2D eigenvalue weighted by Gasteiger charge is 1.96. The van der Waals surface area contributed by atoms with Crippen LogP contribution in [0.2, 0.25) is 0 Å². The number of hydrogen-bond donors (Lipinski definition) is 2. The first kappa shape index (κ1) is 12.2. The highest BCUT2D eigenvalue weighted by atomic mass is 32.2. The van der Waals surface area contributed by atoms with Gasteiger partial charge in [-0.1, -0.05) is 12.8 Å². The second-order valence-electron chi connectivity index (χ2n) is 2.47. The van der Waals surface area contributed by atoms with E-state index in [1.807, 2.05) is 0 Å². The molecule has 2 atom stereocenters. The summed E-state index contributed by atoms with van der Waals surface area (Å²) >= 11 is -3.38. The van der Waals surface area contributed by atoms with Crippen LogP contribution in [0.3, 0.4) is 0 Å². The summed E-state index contributed by atoms with van der Waals surface area (Å²) in [4.78, 5) is 0. The Kier molecular flexibility index (Phi) is 7.99. The molecule has 4 nitrogen and oxygen atoms in total. The maximum Gasteiger partial charge on any atom is 0.152 e. The van der Waals surface area contributed by atoms with Gasteiger partial charge in [0.1, 0.15) is 0 Å². The Hall–Kier alpha value is 0.220. The maximum absolute atomic E-state index is 10.2. The summed E-state index contributed by atoms with van der Waals surface area (Å²) in [6.45, 7) is 0. The van der Waals surface area contributed by atoms with Crippen molar-refractivity contribution in [2.45, 2.75) is 25.7 Å². The van der Waals surface area contributed by atoms with Crippen molar-refractivity contribution in [3.05, 3.63) is 0 Å². The van der Waals surface area contributed by atoms with Crippen LogP contribution >= 0.6 is 0 Å². The van der Waals surface area contributed by atoms with Crippen molar-refractivity contribution < 1.29 is 17.5 Å². The molecule has 0 aliphatic rings. The van der Waals surface area contributed by atoms with Gasteiger partial charge < -0.3 is 9.11 Å². The van der Waals surface area contributed by atoms with Gasteiger partial charge in [0, 0.05) is 11.5 Å². The highest BCUT2D eigenvalue weighted by Crippen LogP contribution is 2.00. The Morgan fingerprint density at radius 3 is 1.33 bits per heavy atom. The Balaban J connectivity index is 3.01. The van der Waals surface area contributed by atoms with Crippen molar-refractivity contribution in [3.8, 4) is 0 Å². The van der Waals surface area contributed by atoms with Crippen molar-refractivity contribution in [2.75, 3.05) is 11.5 Å². The molecule has 74 valence electrons. The number of hydrogen-bond acceptors (Lipinski definition) is 2. The minimum atomic E-state index is -1.69. The van der Waals surface area contributed by atoms with Gasteiger partial charge in [-0.05, 0) is 12.8 Å². The van der Waals surface area contributed by atoms with E-state index in [4.69, 9.17) is 9.11 Å². The average Bonchev–Trinajstić information content (AvgIpc) is 1.95. The molecule has 2 unspecified atom stereocenters. The first-order chi connectivity index (χ1) is 5.63. The van der Waals surface area contributed by atoms with Gasteiger partial charge in [0.2, 0.25) is 0 Å². The van der Waals surface area contributed by atoms with Gasteiger partial charge in [0.05, 0.1) is 0 Å². The predicted octanol–water partition coefficient (Wildman–Crippen LogP) is 0.990. The summed E-state index contributed by atoms with van der Waals surface area (Å²) < 4.78 is 37.1. The molecule has 0 amide bonds. The molecule has 0 saturated heterocycles. The van der Waals surface area contributed by atoms with E-state index in [2.05, 4.69) is 0 Å². The summed E-state index contributed by atoms with van der Waals surface area (Å²) in [6, 6.07) is 0. The quantitative estimate of drug-likeness (QED) is 0.489. The van der Waals surface area contributed by atoms with E-state index in [0.717, 1.165) is 12.8 Å². The molecule has 0 radical (unpaired) electrons. The van der Waals surface area contributed by atoms with Crippen LogP contribution in [0.4, 0.5) is 0 Å². The molecule has 0 fully saturated rings. The lowest BCUT2D eigenvalue weighted by molar-refractivity contribution is 0.552. The van der Waals surface area contributed by atoms with Crippen LogP contribution < -0.4 is 0 Å². The van der Waals surface area contributed by atoms with Gasteiger partial charge in [-0.15, -0.1) is 0 Å². The van der Waals surface area contributed by atoms with Crippen LogP contribution in [0.25, 0.3) is 0 Å². The summed E-state index contributed by atoms with van der Waals surface area (Å²) in [6.07, 6.45) is 3.12. The SMILES string of the molecule is O=S(O)CCCCCCS(=O)O. The molecular formula is C6H14O4S2. The lowest BCUT2D eigenvalue weighted by atomic mass is 10.2. The smallest absolute Gasteiger partial charge is 0.152 e. The lowest BCUT2D eigenvalue weighted by Gasteiger charge is -1.97. The molecular weight excluding hydrogens is 200 g/mol. The zero-order chi connectivity index (χ0) is 9.40. The predicted molar refractivity (Wildman–Crippen MR) is 49.7 cm³/mol. The minimum absolute atomic E-state index is 0.308. The Morgan fingerprint density at radius 1 is 0.750 bits per heavy atom. The molecule has 0 spiro atoms. The lowest BCUT2D eigenvalue weighted by Crippen LogP contribution is -1.97. The van der Waals surface area contributed by atoms with E-state index < -0.39 is 22.2 Å². The topological polar surface area (TPSA) is 74.6 Å². The summed E-state index contributed by atoms with van der Waals surface area (Å²) in [5.41, 5.74) is 0. The van der Waals surface area contributed by atoms with Crippen LogP contribution in [0.1, 0.15) is 25.7 Å². The molecule has 0 rings (SSSR count). The third-order valence-electron chi connectivity index (χ3n) is 1.39. The van der Waals surface area contributed by atoms with Crippen LogP contribution in [0.15, 0.2) is 0 Å². The summed E-state index contributed by atoms with van der Waals surface area (Å²) in [7, 11) is 0. The largest absolute Gasteiger partial charge is 0.306 e. The van der Waals surface area contributed by atoms with E-state index >= 15 is 0 Å². The molecule has 0 bridgehead atoms. The summed E-state index contributed by atoms with van der Waals surface area (Å²) in [5.74, 6) is 0.616. The Bertz CT molecular complexity index is 142. The molecule has 0 aromatic carbocycles. The van der Waals surface area contributed by atoms with Gasteiger partial charge in [0.25, 0.3) is 0 Å². The average molecular weight is 214 g/mol. The van der Waals surface area contributed by atoms with E-state index in [1.54, 1.807) is 0 Å². The Labute approximate surface area is 77.3 Å². The summed E-state index contributed by atoms with van der Waals surface area (Å²) in [5, 5.41) is 0. The van der Waals surface area contributed by atoms with Crippen molar-refractivity contribution in [1.29, 1.82) is 0 Å². The van der Waals surface area contributed by atoms with Gasteiger partial charge in [-0.3, -0.25) is 0 Å². The molecule has 0 heterocycles. The van der Waals surface area contributed by atoms with Crippen LogP contribution in [-0.2, 0) is 22.2 Å². The van der Waals surface area contributed by atoms with Crippen LogP contribution in [-0.4, -0.2) is 29.0 Å². The minimum Gasteiger partial charge on any atom is -0.306 e. The van der Waals surface area contributed by atoms with Crippen molar-refractivity contribution in [1.82, 2.24) is 0 Å². The van der Waals surface area contributed by atoms with Gasteiger partial charge >= 0.3 is 0 Å². The number of unbranched alkanes of at least 4 members (excludes halogenated alkanes) is 3. The molecule has 0 aromatic heterocycles. The second kappa shape index (κ2) is 7.85. The normalized spacial score (nSPS) is 15.8. The molecule has 0 aliphatic heterocycles. The third-order valence-corrected chi connectivity index (χ3v) is 2.66. The molecule has 0 saturated carbocycles. The monoisotopic (exact) mass is 214 g/mol. The van der Waals surface area contributed by atoms with E-state index in [0.29, 0.717) is 24.3 Å². The molecule has 6 heteroatoms. The third kappa shape index (κ3) is 10.2. The zero-order valence-corrected chi connectivity index (χ0v) is 8.40. The van der Waals surface area contributed by atoms with Crippen LogP contribution in [0, 0.1) is 0 Å². The Morgan fingerprint density at radius 2 is 1.08 bits per heavy atom. The van der Waals surface area contributed by atoms with E-state index in [-0.39, 0.29) is 0 Å². The van der Waals surface area contributed by atoms with Gasteiger partial charge in [-0.2, -0.15) is 0 Å². The second-order valence-corrected chi connectivity index (χ2v) is 4.57. The van der Waals surface area contributed by atoms with E-state index in [9.17, 15) is 8.42 Å². The van der Waals surface area contributed by atoms with Crippen LogP contribution in [0.5, 0.6) is 0 Å². The molecule has 0 aromatic rings. The number of rotatable bonds is 7. The fraction of sp³-hybridized carbons (Fsp3) is 1.00. The zero-order valence-electron chi connectivity index (χ0n) is 6.77. The van der Waals surface area contributed by atoms with Gasteiger partial charge in [0.15, 0.2) is 22.2 Å². The fourth-order valence-electron chi connectivity index (χ4n) is 0.805. The molecule has 2 N–H and O–H groups in total. The fourth-order valence-corrected chi connectivity index (χ4v) is 1.71. The van der Waals surface area contributed by atoms with E-state index in [1.165, 1.54) is 0 Å². The molecule has 12 heavy (non-hydrogen) atoms. The first-order valence-electron chi connectivity index (χ1n) is 3.78. The van der Waals surface area contributed by atoms with Crippen molar-refractivity contribution in [3.63, 3.8) is 0 Å². The van der Waals surface area contributed by atoms with Crippen molar-refractivity contribution >= 4 is 22.2 Å². The maximum atomic E-state index is 10.2. The van der Waals surface area contributed by atoms with Crippen molar-refractivity contribution in [2.24, 2.45) is 0 Å². The first-order valence-corrected chi connectivity index (χ1v) is 6.33. The standard InChI is InChI=1S/C6H14O4S2/c7-11(8)5-3-1-2-4-6-12(9)10/h1-6H2,(H,7,8)(H,9,10). The van der Waals surface area contributed by atoms with Gasteiger partial charge in [-0.25, -0.2) is 8.42 Å².